The summed E-state index contributed by atoms with van der Waals surface area (Å²) in [6, 6.07) is 0. The van der Waals surface area contributed by atoms with Gasteiger partial charge in [0.1, 0.15) is 0 Å². The van der Waals surface area contributed by atoms with Gasteiger partial charge in [-0.3, -0.25) is 9.59 Å². The molecule has 1 aliphatic heterocycles. The molecule has 0 aromatic rings. The Labute approximate surface area is 108 Å². The van der Waals surface area contributed by atoms with Crippen molar-refractivity contribution in [3.05, 3.63) is 0 Å². The minimum Gasteiger partial charge on any atom is -0.481 e. The Balaban J connectivity index is 2.04. The van der Waals surface area contributed by atoms with Crippen LogP contribution in [0.2, 0.25) is 0 Å². The smallest absolute Gasteiger partial charge is 0.308 e. The average molecular weight is 253 g/mol. The van der Waals surface area contributed by atoms with Crippen LogP contribution in [-0.4, -0.2) is 35.0 Å². The molecule has 0 spiro atoms. The highest BCUT2D eigenvalue weighted by Gasteiger charge is 2.43. The first-order valence-corrected chi connectivity index (χ1v) is 6.96. The third kappa shape index (κ3) is 2.38. The first kappa shape index (κ1) is 13.4. The number of likely N-dealkylation sites (tertiary alicyclic amines) is 1. The number of carboxylic acid groups (broad SMARTS) is 1. The van der Waals surface area contributed by atoms with E-state index >= 15 is 0 Å². The molecule has 0 bridgehead atoms. The van der Waals surface area contributed by atoms with Gasteiger partial charge in [0, 0.05) is 18.5 Å². The van der Waals surface area contributed by atoms with Crippen LogP contribution < -0.4 is 0 Å². The molecule has 18 heavy (non-hydrogen) atoms. The number of nitrogens with zero attached hydrogens (tertiary/aromatic N) is 1. The summed E-state index contributed by atoms with van der Waals surface area (Å²) in [4.78, 5) is 25.5. The molecule has 0 radical (unpaired) electrons. The van der Waals surface area contributed by atoms with Gasteiger partial charge >= 0.3 is 5.97 Å². The molecule has 2 aliphatic rings. The van der Waals surface area contributed by atoms with Crippen LogP contribution in [0.3, 0.4) is 0 Å². The molecule has 102 valence electrons. The van der Waals surface area contributed by atoms with Crippen LogP contribution in [0, 0.1) is 17.3 Å². The molecule has 0 aromatic heterocycles. The van der Waals surface area contributed by atoms with Crippen molar-refractivity contribution in [3.63, 3.8) is 0 Å². The second kappa shape index (κ2) is 4.90. The third-order valence-electron chi connectivity index (χ3n) is 4.69. The predicted octanol–water partition coefficient (Wildman–Crippen LogP) is 2.14. The lowest BCUT2D eigenvalue weighted by Crippen LogP contribution is -2.42. The van der Waals surface area contributed by atoms with Crippen LogP contribution in [0.4, 0.5) is 0 Å². The summed E-state index contributed by atoms with van der Waals surface area (Å²) >= 11 is 0. The molecule has 4 heteroatoms. The van der Waals surface area contributed by atoms with Crippen LogP contribution in [0.1, 0.15) is 46.0 Å². The van der Waals surface area contributed by atoms with E-state index in [1.807, 2.05) is 13.8 Å². The van der Waals surface area contributed by atoms with E-state index in [1.54, 1.807) is 4.90 Å². The second-order valence-electron chi connectivity index (χ2n) is 6.25. The number of carbonyl (C=O) groups is 2. The zero-order valence-corrected chi connectivity index (χ0v) is 11.3. The van der Waals surface area contributed by atoms with E-state index < -0.39 is 5.97 Å². The van der Waals surface area contributed by atoms with Crippen molar-refractivity contribution in [2.24, 2.45) is 17.3 Å². The zero-order chi connectivity index (χ0) is 13.3. The molecule has 4 nitrogen and oxygen atoms in total. The van der Waals surface area contributed by atoms with Crippen LogP contribution in [0.25, 0.3) is 0 Å². The molecule has 2 atom stereocenters. The fraction of sp³-hybridized carbons (Fsp3) is 0.857. The molecule has 1 aliphatic carbocycles. The third-order valence-corrected chi connectivity index (χ3v) is 4.69. The maximum atomic E-state index is 12.6. The molecule has 2 fully saturated rings. The van der Waals surface area contributed by atoms with E-state index in [9.17, 15) is 9.59 Å². The van der Waals surface area contributed by atoms with E-state index in [2.05, 4.69) is 0 Å². The molecule has 1 amide bonds. The van der Waals surface area contributed by atoms with Gasteiger partial charge in [0.2, 0.25) is 5.91 Å². The lowest BCUT2D eigenvalue weighted by atomic mass is 9.74. The van der Waals surface area contributed by atoms with Gasteiger partial charge in [-0.2, -0.15) is 0 Å². The molecule has 1 saturated carbocycles. The fourth-order valence-corrected chi connectivity index (χ4v) is 3.38. The van der Waals surface area contributed by atoms with Gasteiger partial charge in [-0.15, -0.1) is 0 Å². The lowest BCUT2D eigenvalue weighted by Gasteiger charge is -2.35. The molecule has 0 aromatic carbocycles. The Morgan fingerprint density at radius 2 is 1.78 bits per heavy atom. The minimum absolute atomic E-state index is 0.0682. The minimum atomic E-state index is -0.772. The lowest BCUT2D eigenvalue weighted by molar-refractivity contribution is -0.144. The summed E-state index contributed by atoms with van der Waals surface area (Å²) in [5, 5.41) is 9.12. The van der Waals surface area contributed by atoms with Gasteiger partial charge < -0.3 is 10.0 Å². The molecule has 1 heterocycles. The van der Waals surface area contributed by atoms with Gasteiger partial charge in [-0.05, 0) is 18.8 Å². The highest BCUT2D eigenvalue weighted by atomic mass is 16.4. The SMILES string of the molecule is CC1CN(C(=O)C2(C)CCCCC2)CC1C(=O)O. The first-order valence-electron chi connectivity index (χ1n) is 6.96. The van der Waals surface area contributed by atoms with Crippen LogP contribution in [0.5, 0.6) is 0 Å². The maximum absolute atomic E-state index is 12.6. The summed E-state index contributed by atoms with van der Waals surface area (Å²) in [6.07, 6.45) is 5.36. The standard InChI is InChI=1S/C14H23NO3/c1-10-8-15(9-11(10)12(16)17)13(18)14(2)6-4-3-5-7-14/h10-11H,3-9H2,1-2H3,(H,16,17). The Morgan fingerprint density at radius 1 is 1.17 bits per heavy atom. The van der Waals surface area contributed by atoms with Crippen molar-refractivity contribution in [3.8, 4) is 0 Å². The Kier molecular flexibility index (Phi) is 3.64. The van der Waals surface area contributed by atoms with E-state index in [1.165, 1.54) is 6.42 Å². The fourth-order valence-electron chi connectivity index (χ4n) is 3.38. The molecule has 2 unspecified atom stereocenters. The van der Waals surface area contributed by atoms with Crippen molar-refractivity contribution in [1.82, 2.24) is 4.90 Å². The van der Waals surface area contributed by atoms with Crippen molar-refractivity contribution in [2.75, 3.05) is 13.1 Å². The number of carbonyl (C=O) groups excluding carboxylic acids is 1. The summed E-state index contributed by atoms with van der Waals surface area (Å²) in [5.41, 5.74) is -0.245. The molecule has 1 saturated heterocycles. The average Bonchev–Trinajstić information content (AvgIpc) is 2.71. The first-order chi connectivity index (χ1) is 8.44. The van der Waals surface area contributed by atoms with Crippen LogP contribution >= 0.6 is 0 Å². The predicted molar refractivity (Wildman–Crippen MR) is 68.1 cm³/mol. The van der Waals surface area contributed by atoms with E-state index in [4.69, 9.17) is 5.11 Å². The largest absolute Gasteiger partial charge is 0.481 e. The highest BCUT2D eigenvalue weighted by molar-refractivity contribution is 5.84. The van der Waals surface area contributed by atoms with Crippen LogP contribution in [-0.2, 0) is 9.59 Å². The van der Waals surface area contributed by atoms with Crippen molar-refractivity contribution < 1.29 is 14.7 Å². The Hall–Kier alpha value is -1.06. The van der Waals surface area contributed by atoms with Gasteiger partial charge in [0.15, 0.2) is 0 Å². The van der Waals surface area contributed by atoms with Crippen molar-refractivity contribution >= 4 is 11.9 Å². The van der Waals surface area contributed by atoms with Gasteiger partial charge in [-0.1, -0.05) is 33.1 Å². The molecular formula is C14H23NO3. The Morgan fingerprint density at radius 3 is 2.28 bits per heavy atom. The van der Waals surface area contributed by atoms with E-state index in [-0.39, 0.29) is 23.2 Å². The molecule has 2 rings (SSSR count). The Bertz CT molecular complexity index is 347. The number of carboxylic acids is 1. The van der Waals surface area contributed by atoms with Crippen molar-refractivity contribution in [2.45, 2.75) is 46.0 Å². The van der Waals surface area contributed by atoms with E-state index in [0.717, 1.165) is 25.7 Å². The summed E-state index contributed by atoms with van der Waals surface area (Å²) < 4.78 is 0. The van der Waals surface area contributed by atoms with Crippen molar-refractivity contribution in [1.29, 1.82) is 0 Å². The normalized spacial score (nSPS) is 31.3. The summed E-state index contributed by atoms with van der Waals surface area (Å²) in [5.74, 6) is -0.913. The number of rotatable bonds is 2. The number of hydrogen-bond donors (Lipinski definition) is 1. The van der Waals surface area contributed by atoms with Gasteiger partial charge in [0.05, 0.1) is 5.92 Å². The quantitative estimate of drug-likeness (QED) is 0.820. The topological polar surface area (TPSA) is 57.6 Å². The number of hydrogen-bond acceptors (Lipinski definition) is 2. The van der Waals surface area contributed by atoms with Crippen LogP contribution in [0.15, 0.2) is 0 Å². The summed E-state index contributed by atoms with van der Waals surface area (Å²) in [7, 11) is 0. The monoisotopic (exact) mass is 253 g/mol. The maximum Gasteiger partial charge on any atom is 0.308 e. The highest BCUT2D eigenvalue weighted by Crippen LogP contribution is 2.39. The van der Waals surface area contributed by atoms with Gasteiger partial charge in [0.25, 0.3) is 0 Å². The summed E-state index contributed by atoms with van der Waals surface area (Å²) in [6.45, 7) is 4.97. The van der Waals surface area contributed by atoms with E-state index in [0.29, 0.717) is 13.1 Å². The zero-order valence-electron chi connectivity index (χ0n) is 11.3. The number of amides is 1. The molecule has 1 N–H and O–H groups in total. The molecular weight excluding hydrogens is 230 g/mol. The second-order valence-corrected chi connectivity index (χ2v) is 6.25. The van der Waals surface area contributed by atoms with Gasteiger partial charge in [-0.25, -0.2) is 0 Å². The number of aliphatic carboxylic acids is 1.